The van der Waals surface area contributed by atoms with Crippen molar-refractivity contribution in [3.63, 3.8) is 0 Å². The summed E-state index contributed by atoms with van der Waals surface area (Å²) in [5, 5.41) is 22.0. The van der Waals surface area contributed by atoms with Gasteiger partial charge < -0.3 is 50.8 Å². The number of anilines is 4. The Morgan fingerprint density at radius 3 is 1.41 bits per heavy atom. The fourth-order valence-electron chi connectivity index (χ4n) is 14.0. The molecule has 4 saturated heterocycles. The fraction of sp³-hybridized carbons (Fsp3) is 0.517. The Kier molecular flexibility index (Phi) is 14.1. The van der Waals surface area contributed by atoms with Gasteiger partial charge in [-0.3, -0.25) is 9.97 Å². The van der Waals surface area contributed by atoms with Crippen molar-refractivity contribution in [1.82, 2.24) is 39.9 Å². The highest BCUT2D eigenvalue weighted by Gasteiger charge is 2.49. The molecule has 0 saturated carbocycles. The first-order valence-corrected chi connectivity index (χ1v) is 29.7. The van der Waals surface area contributed by atoms with Crippen LogP contribution in [0.2, 0.25) is 0 Å². The molecule has 6 aromatic heterocycles. The molecule has 6 aromatic rings. The summed E-state index contributed by atoms with van der Waals surface area (Å²) in [6.45, 7) is 11.0. The molecule has 6 N–H and O–H groups in total. The van der Waals surface area contributed by atoms with Crippen LogP contribution in [0.1, 0.15) is 111 Å². The fourth-order valence-corrected chi connectivity index (χ4v) is 15.7. The van der Waals surface area contributed by atoms with Crippen LogP contribution in [0.15, 0.2) is 93.4 Å². The first kappa shape index (κ1) is 51.5. The van der Waals surface area contributed by atoms with Gasteiger partial charge >= 0.3 is 0 Å². The molecule has 2 spiro atoms. The monoisotopic (exact) mass is 1090 g/mol. The quantitative estimate of drug-likeness (QED) is 0.104. The van der Waals surface area contributed by atoms with Crippen LogP contribution in [0, 0.1) is 22.7 Å². The van der Waals surface area contributed by atoms with Gasteiger partial charge in [0, 0.05) is 87.5 Å². The third kappa shape index (κ3) is 9.26. The van der Waals surface area contributed by atoms with E-state index in [2.05, 4.69) is 65.5 Å². The molecule has 12 heterocycles. The van der Waals surface area contributed by atoms with Crippen molar-refractivity contribution in [1.29, 1.82) is 0 Å². The molecule has 408 valence electrons. The average Bonchev–Trinajstić information content (AvgIpc) is 4.40. The number of pyridine rings is 4. The number of hydrogen-bond acceptors (Lipinski definition) is 20. The molecular formula is C58H70N14O4S2. The molecular weight excluding hydrogens is 1020 g/mol. The summed E-state index contributed by atoms with van der Waals surface area (Å²) in [7, 11) is 0. The largest absolute Gasteiger partial charge is 0.486 e. The van der Waals surface area contributed by atoms with E-state index in [1.165, 1.54) is 47.5 Å². The maximum atomic E-state index is 10.2. The van der Waals surface area contributed by atoms with E-state index < -0.39 is 0 Å². The van der Waals surface area contributed by atoms with E-state index in [-0.39, 0.29) is 36.1 Å². The number of aliphatic hydroxyl groups excluding tert-OH is 2. The highest BCUT2D eigenvalue weighted by molar-refractivity contribution is 7.99. The summed E-state index contributed by atoms with van der Waals surface area (Å²) in [4.78, 5) is 49.1. The lowest BCUT2D eigenvalue weighted by atomic mass is 9.73. The summed E-state index contributed by atoms with van der Waals surface area (Å²) in [5.74, 6) is 6.43. The van der Waals surface area contributed by atoms with Crippen molar-refractivity contribution in [2.75, 3.05) is 72.1 Å². The molecule has 4 fully saturated rings. The first-order valence-electron chi connectivity index (χ1n) is 28.1. The van der Waals surface area contributed by atoms with Crippen LogP contribution in [-0.4, -0.2) is 115 Å². The number of ether oxygens (including phenoxy) is 2. The summed E-state index contributed by atoms with van der Waals surface area (Å²) >= 11 is 3.04. The van der Waals surface area contributed by atoms with E-state index in [1.807, 2.05) is 61.4 Å². The van der Waals surface area contributed by atoms with Gasteiger partial charge in [0.15, 0.2) is 34.8 Å². The minimum atomic E-state index is -0.161. The average molecular weight is 1090 g/mol. The van der Waals surface area contributed by atoms with E-state index in [1.54, 1.807) is 0 Å². The minimum absolute atomic E-state index is 0.0164. The summed E-state index contributed by atoms with van der Waals surface area (Å²) < 4.78 is 12.5. The molecule has 0 radical (unpaired) electrons. The minimum Gasteiger partial charge on any atom is -0.486 e. The normalized spacial score (nSPS) is 24.8. The van der Waals surface area contributed by atoms with Gasteiger partial charge in [-0.1, -0.05) is 62.3 Å². The van der Waals surface area contributed by atoms with Crippen molar-refractivity contribution in [3.05, 3.63) is 107 Å². The second kappa shape index (κ2) is 21.3. The zero-order valence-electron chi connectivity index (χ0n) is 44.6. The third-order valence-electron chi connectivity index (χ3n) is 18.6. The van der Waals surface area contributed by atoms with Crippen molar-refractivity contribution >= 4 is 46.8 Å². The zero-order chi connectivity index (χ0) is 53.1. The number of nitrogens with two attached hydrogens (primary N) is 2. The van der Waals surface area contributed by atoms with E-state index >= 15 is 0 Å². The Balaban J connectivity index is 0.000000148. The van der Waals surface area contributed by atoms with Gasteiger partial charge in [0.1, 0.15) is 34.7 Å². The SMILES string of the molecule is CC[C@@H]1C[C@H]2COc3c(Sc4cnc(N5CCC6(CC5)Cc5ncccc5[C@H]6N)c(CO)n4)ccnc3N2C1.CC[C@H]1C[C@H]2COc3c(Sc4cnc(N5CCC6(CC5)Cc5ncccc5[C@H]6N)c(CO)n4)ccnc3N2C1. The van der Waals surface area contributed by atoms with Crippen LogP contribution in [0.5, 0.6) is 11.5 Å². The molecule has 8 aliphatic rings. The van der Waals surface area contributed by atoms with Gasteiger partial charge in [-0.05, 0) is 109 Å². The van der Waals surface area contributed by atoms with Gasteiger partial charge in [0.05, 0.1) is 47.5 Å². The topological polar surface area (TPSA) is 227 Å². The number of nitrogens with zero attached hydrogens (tertiary/aromatic N) is 12. The van der Waals surface area contributed by atoms with E-state index in [9.17, 15) is 10.2 Å². The van der Waals surface area contributed by atoms with Gasteiger partial charge in [0.25, 0.3) is 0 Å². The molecule has 14 rings (SSSR count). The predicted octanol–water partition coefficient (Wildman–Crippen LogP) is 7.50. The van der Waals surface area contributed by atoms with Gasteiger partial charge in [0.2, 0.25) is 0 Å². The molecule has 18 nitrogen and oxygen atoms in total. The molecule has 6 atom stereocenters. The Labute approximate surface area is 464 Å². The predicted molar refractivity (Wildman–Crippen MR) is 300 cm³/mol. The molecule has 78 heavy (non-hydrogen) atoms. The van der Waals surface area contributed by atoms with Crippen LogP contribution >= 0.6 is 23.5 Å². The molecule has 0 amide bonds. The Bertz CT molecular complexity index is 2970. The molecule has 0 aromatic carbocycles. The number of hydrogen-bond donors (Lipinski definition) is 4. The van der Waals surface area contributed by atoms with Crippen LogP contribution in [-0.2, 0) is 26.1 Å². The lowest BCUT2D eigenvalue weighted by Gasteiger charge is -2.42. The maximum absolute atomic E-state index is 10.2. The highest BCUT2D eigenvalue weighted by Crippen LogP contribution is 2.53. The molecule has 20 heteroatoms. The van der Waals surface area contributed by atoms with Gasteiger partial charge in [-0.15, -0.1) is 0 Å². The molecule has 2 aliphatic carbocycles. The second-order valence-electron chi connectivity index (χ2n) is 22.7. The Morgan fingerprint density at radius 2 is 1.01 bits per heavy atom. The molecule has 6 aliphatic heterocycles. The second-order valence-corrected chi connectivity index (χ2v) is 24.9. The first-order chi connectivity index (χ1) is 38.2. The van der Waals surface area contributed by atoms with Crippen molar-refractivity contribution in [3.8, 4) is 11.5 Å². The van der Waals surface area contributed by atoms with Crippen molar-refractivity contribution in [2.45, 2.75) is 135 Å². The maximum Gasteiger partial charge on any atom is 0.175 e. The van der Waals surface area contributed by atoms with E-state index in [4.69, 9.17) is 40.9 Å². The number of fused-ring (bicyclic) bond motifs is 8. The van der Waals surface area contributed by atoms with Gasteiger partial charge in [-0.2, -0.15) is 0 Å². The van der Waals surface area contributed by atoms with E-state index in [0.29, 0.717) is 48.5 Å². The lowest BCUT2D eigenvalue weighted by molar-refractivity contribution is 0.186. The summed E-state index contributed by atoms with van der Waals surface area (Å²) in [6, 6.07) is 13.0. The summed E-state index contributed by atoms with van der Waals surface area (Å²) in [6.07, 6.45) is 21.5. The lowest BCUT2D eigenvalue weighted by Crippen LogP contribution is -2.45. The Morgan fingerprint density at radius 1 is 0.577 bits per heavy atom. The smallest absolute Gasteiger partial charge is 0.175 e. The van der Waals surface area contributed by atoms with E-state index in [0.717, 1.165) is 157 Å². The van der Waals surface area contributed by atoms with Crippen molar-refractivity contribution in [2.24, 2.45) is 34.1 Å². The molecule has 0 bridgehead atoms. The Hall–Kier alpha value is -5.90. The zero-order valence-corrected chi connectivity index (χ0v) is 46.2. The van der Waals surface area contributed by atoms with Crippen molar-refractivity contribution < 1.29 is 19.7 Å². The van der Waals surface area contributed by atoms with Gasteiger partial charge in [-0.25, -0.2) is 29.9 Å². The van der Waals surface area contributed by atoms with Crippen LogP contribution < -0.4 is 40.5 Å². The van der Waals surface area contributed by atoms with Crippen LogP contribution in [0.4, 0.5) is 23.3 Å². The number of piperidine rings is 2. The third-order valence-corrected chi connectivity index (χ3v) is 20.5. The van der Waals surface area contributed by atoms with Crippen LogP contribution in [0.25, 0.3) is 0 Å². The molecule has 0 unspecified atom stereocenters. The number of aromatic nitrogens is 8. The van der Waals surface area contributed by atoms with Crippen LogP contribution in [0.3, 0.4) is 0 Å². The highest BCUT2D eigenvalue weighted by atomic mass is 32.2. The number of aliphatic hydroxyl groups is 2. The number of rotatable bonds is 10. The standard InChI is InChI=1S/2C29H35N7O2S/c2*1-2-18-12-19-17-38-25-23(5-9-32-28(25)36(19)15-18)39-24-14-33-27(22(16-37)34-24)35-10-6-29(7-11-35)13-21-20(26(29)30)4-3-8-31-21/h2*3-5,8-9,14,18-19,26,37H,2,6-7,10-13,15-17,30H2,1H3/t18-,19+,26-;18-,19-,26+/m10/s1. The summed E-state index contributed by atoms with van der Waals surface area (Å²) in [5.41, 5.74) is 19.4.